The van der Waals surface area contributed by atoms with E-state index >= 15 is 0 Å². The van der Waals surface area contributed by atoms with E-state index in [1.165, 1.54) is 5.56 Å². The third kappa shape index (κ3) is 3.58. The van der Waals surface area contributed by atoms with Crippen LogP contribution in [0.2, 0.25) is 0 Å². The van der Waals surface area contributed by atoms with Crippen molar-refractivity contribution in [1.29, 1.82) is 0 Å². The van der Waals surface area contributed by atoms with Crippen LogP contribution in [0.1, 0.15) is 26.3 Å². The average Bonchev–Trinajstić information content (AvgIpc) is 3.55. The van der Waals surface area contributed by atoms with Crippen LogP contribution >= 0.6 is 0 Å². The maximum absolute atomic E-state index is 13.4. The van der Waals surface area contributed by atoms with Crippen LogP contribution in [0, 0.1) is 5.92 Å². The van der Waals surface area contributed by atoms with Crippen molar-refractivity contribution in [3.8, 4) is 22.4 Å². The number of carbonyl (C=O) groups excluding carboxylic acids is 1. The highest BCUT2D eigenvalue weighted by molar-refractivity contribution is 5.95. The first-order valence-electron chi connectivity index (χ1n) is 12.3. The number of hydrogen-bond acceptors (Lipinski definition) is 5. The average molecular weight is 471 g/mol. The number of nitrogens with one attached hydrogen (secondary N) is 2. The molecular weight excluding hydrogens is 440 g/mol. The van der Waals surface area contributed by atoms with E-state index in [0.29, 0.717) is 11.7 Å². The lowest BCUT2D eigenvalue weighted by molar-refractivity contribution is 0.172. The van der Waals surface area contributed by atoms with Gasteiger partial charge in [0.1, 0.15) is 5.82 Å². The fourth-order valence-electron chi connectivity index (χ4n) is 5.06. The van der Waals surface area contributed by atoms with Crippen molar-refractivity contribution in [2.75, 3.05) is 24.5 Å². The molecule has 1 aromatic carbocycles. The van der Waals surface area contributed by atoms with Gasteiger partial charge < -0.3 is 10.2 Å². The van der Waals surface area contributed by atoms with E-state index in [2.05, 4.69) is 65.6 Å². The van der Waals surface area contributed by atoms with Gasteiger partial charge in [-0.15, -0.1) is 0 Å². The van der Waals surface area contributed by atoms with Gasteiger partial charge in [-0.2, -0.15) is 10.2 Å². The summed E-state index contributed by atoms with van der Waals surface area (Å²) in [6, 6.07) is 10.7. The fourth-order valence-corrected chi connectivity index (χ4v) is 5.06. The number of nitrogens with zero attached hydrogens (tertiary/aromatic N) is 6. The molecule has 4 aromatic rings. The smallest absolute Gasteiger partial charge is 0.317 e. The van der Waals surface area contributed by atoms with Gasteiger partial charge in [0.2, 0.25) is 0 Å². The number of amides is 2. The SMILES string of the molecule is CCc1cn[nH]c1-c1ccc(-c2cnn3ccc(N4C(=O)N(C5CNC5)CC4C(C)C)nc23)cc1. The van der Waals surface area contributed by atoms with Gasteiger partial charge in [0.05, 0.1) is 30.2 Å². The monoisotopic (exact) mass is 470 g/mol. The first kappa shape index (κ1) is 21.8. The lowest BCUT2D eigenvalue weighted by atomic mass is 10.0. The zero-order valence-corrected chi connectivity index (χ0v) is 20.3. The number of benzene rings is 1. The van der Waals surface area contributed by atoms with Crippen LogP contribution in [-0.4, -0.2) is 67.4 Å². The van der Waals surface area contributed by atoms with Crippen LogP contribution in [0.4, 0.5) is 10.6 Å². The van der Waals surface area contributed by atoms with Gasteiger partial charge in [0.15, 0.2) is 5.65 Å². The molecule has 1 unspecified atom stereocenters. The topological polar surface area (TPSA) is 94.5 Å². The number of anilines is 1. The Kier molecular flexibility index (Phi) is 5.29. The fraction of sp³-hybridized carbons (Fsp3) is 0.385. The number of aryl methyl sites for hydroxylation is 1. The molecule has 9 heteroatoms. The molecule has 2 aliphatic rings. The molecule has 0 spiro atoms. The molecule has 9 nitrogen and oxygen atoms in total. The maximum atomic E-state index is 13.4. The highest BCUT2D eigenvalue weighted by Crippen LogP contribution is 2.32. The van der Waals surface area contributed by atoms with Crippen molar-refractivity contribution in [2.45, 2.75) is 39.3 Å². The third-order valence-electron chi connectivity index (χ3n) is 7.32. The predicted octanol–water partition coefficient (Wildman–Crippen LogP) is 3.59. The molecule has 1 atom stereocenters. The highest BCUT2D eigenvalue weighted by Gasteiger charge is 2.44. The number of carbonyl (C=O) groups is 1. The minimum atomic E-state index is 0.0451. The van der Waals surface area contributed by atoms with Crippen LogP contribution in [-0.2, 0) is 6.42 Å². The van der Waals surface area contributed by atoms with Gasteiger partial charge >= 0.3 is 6.03 Å². The Morgan fingerprint density at radius 2 is 1.86 bits per heavy atom. The molecule has 3 aromatic heterocycles. The van der Waals surface area contributed by atoms with Crippen molar-refractivity contribution in [1.82, 2.24) is 35.0 Å². The molecule has 5 heterocycles. The zero-order chi connectivity index (χ0) is 24.1. The van der Waals surface area contributed by atoms with Gasteiger partial charge in [0.25, 0.3) is 0 Å². The zero-order valence-electron chi connectivity index (χ0n) is 20.3. The quantitative estimate of drug-likeness (QED) is 0.449. The first-order chi connectivity index (χ1) is 17.0. The Balaban J connectivity index is 1.35. The summed E-state index contributed by atoms with van der Waals surface area (Å²) in [7, 11) is 0. The number of aromatic amines is 1. The minimum Gasteiger partial charge on any atom is -0.317 e. The molecule has 6 rings (SSSR count). The van der Waals surface area contributed by atoms with Crippen molar-refractivity contribution >= 4 is 17.5 Å². The summed E-state index contributed by atoms with van der Waals surface area (Å²) in [4.78, 5) is 22.3. The van der Waals surface area contributed by atoms with Gasteiger partial charge in [-0.3, -0.25) is 10.00 Å². The Bertz CT molecular complexity index is 1370. The summed E-state index contributed by atoms with van der Waals surface area (Å²) in [6.45, 7) is 8.91. The summed E-state index contributed by atoms with van der Waals surface area (Å²) in [6.07, 6.45) is 6.54. The standard InChI is InChI=1S/C26H30N8O/c1-4-17-11-28-31-24(17)19-7-5-18(6-8-19)21-14-29-33-10-9-23(30-25(21)33)34-22(16(2)3)15-32(26(34)35)20-12-27-13-20/h5-11,14,16,20,22,27H,4,12-13,15H2,1-3H3,(H,28,31). The molecule has 2 saturated heterocycles. The molecule has 35 heavy (non-hydrogen) atoms. The summed E-state index contributed by atoms with van der Waals surface area (Å²) < 4.78 is 1.77. The van der Waals surface area contributed by atoms with E-state index in [0.717, 1.165) is 54.1 Å². The molecule has 2 aliphatic heterocycles. The van der Waals surface area contributed by atoms with E-state index < -0.39 is 0 Å². The van der Waals surface area contributed by atoms with Crippen molar-refractivity contribution in [3.05, 3.63) is 54.5 Å². The summed E-state index contributed by atoms with van der Waals surface area (Å²) in [5.41, 5.74) is 6.05. The molecule has 0 bridgehead atoms. The van der Waals surface area contributed by atoms with E-state index in [1.807, 2.05) is 34.5 Å². The van der Waals surface area contributed by atoms with Crippen LogP contribution in [0.3, 0.4) is 0 Å². The molecule has 2 N–H and O–H groups in total. The maximum Gasteiger partial charge on any atom is 0.326 e. The lowest BCUT2D eigenvalue weighted by Crippen LogP contribution is -2.58. The highest BCUT2D eigenvalue weighted by atomic mass is 16.2. The van der Waals surface area contributed by atoms with Gasteiger partial charge in [-0.25, -0.2) is 14.3 Å². The number of rotatable bonds is 6. The van der Waals surface area contributed by atoms with Crippen molar-refractivity contribution in [3.63, 3.8) is 0 Å². The van der Waals surface area contributed by atoms with Gasteiger partial charge in [-0.1, -0.05) is 45.0 Å². The first-order valence-corrected chi connectivity index (χ1v) is 12.3. The second kappa shape index (κ2) is 8.49. The number of urea groups is 1. The number of fused-ring (bicyclic) bond motifs is 1. The van der Waals surface area contributed by atoms with E-state index in [4.69, 9.17) is 4.98 Å². The molecule has 0 aliphatic carbocycles. The van der Waals surface area contributed by atoms with Crippen LogP contribution in [0.5, 0.6) is 0 Å². The number of aromatic nitrogens is 5. The van der Waals surface area contributed by atoms with E-state index in [-0.39, 0.29) is 18.1 Å². The van der Waals surface area contributed by atoms with Gasteiger partial charge in [-0.05, 0) is 35.1 Å². The Morgan fingerprint density at radius 3 is 2.54 bits per heavy atom. The van der Waals surface area contributed by atoms with Crippen LogP contribution in [0.25, 0.3) is 28.0 Å². The van der Waals surface area contributed by atoms with Crippen molar-refractivity contribution in [2.24, 2.45) is 5.92 Å². The number of hydrogen-bond donors (Lipinski definition) is 2. The van der Waals surface area contributed by atoms with E-state index in [9.17, 15) is 4.79 Å². The molecule has 0 radical (unpaired) electrons. The molecule has 2 fully saturated rings. The molecule has 0 saturated carbocycles. The Hall–Kier alpha value is -3.72. The summed E-state index contributed by atoms with van der Waals surface area (Å²) in [5.74, 6) is 1.00. The van der Waals surface area contributed by atoms with Crippen LogP contribution in [0.15, 0.2) is 48.9 Å². The molecular formula is C26H30N8O. The van der Waals surface area contributed by atoms with Crippen molar-refractivity contribution < 1.29 is 4.79 Å². The summed E-state index contributed by atoms with van der Waals surface area (Å²) in [5, 5.41) is 15.1. The largest absolute Gasteiger partial charge is 0.326 e. The Labute approximate surface area is 204 Å². The molecule has 2 amide bonds. The predicted molar refractivity (Wildman–Crippen MR) is 135 cm³/mol. The Morgan fingerprint density at radius 1 is 1.09 bits per heavy atom. The third-order valence-corrected chi connectivity index (χ3v) is 7.32. The lowest BCUT2D eigenvalue weighted by Gasteiger charge is -2.35. The van der Waals surface area contributed by atoms with E-state index in [1.54, 1.807) is 4.52 Å². The summed E-state index contributed by atoms with van der Waals surface area (Å²) >= 11 is 0. The second-order valence-corrected chi connectivity index (χ2v) is 9.74. The second-order valence-electron chi connectivity index (χ2n) is 9.74. The molecule has 180 valence electrons. The minimum absolute atomic E-state index is 0.0451. The van der Waals surface area contributed by atoms with Crippen LogP contribution < -0.4 is 10.2 Å². The van der Waals surface area contributed by atoms with Gasteiger partial charge in [0, 0.05) is 31.4 Å². The normalized spacial score (nSPS) is 18.7. The number of H-pyrrole nitrogens is 1.